The number of carbonyl (C=O) groups excluding carboxylic acids is 2. The Bertz CT molecular complexity index is 1260. The third-order valence-corrected chi connectivity index (χ3v) is 5.62. The predicted molar refractivity (Wildman–Crippen MR) is 118 cm³/mol. The minimum absolute atomic E-state index is 0.122. The van der Waals surface area contributed by atoms with Gasteiger partial charge in [0.05, 0.1) is 28.8 Å². The molecule has 0 bridgehead atoms. The average Bonchev–Trinajstić information content (AvgIpc) is 3.34. The van der Waals surface area contributed by atoms with E-state index in [0.29, 0.717) is 16.4 Å². The molecule has 2 aromatic carbocycles. The second kappa shape index (κ2) is 8.08. The van der Waals surface area contributed by atoms with Crippen LogP contribution < -0.4 is 10.6 Å². The van der Waals surface area contributed by atoms with E-state index in [1.165, 1.54) is 16.9 Å². The predicted octanol–water partition coefficient (Wildman–Crippen LogP) is 3.64. The van der Waals surface area contributed by atoms with E-state index in [0.717, 1.165) is 22.3 Å². The second-order valence-corrected chi connectivity index (χ2v) is 7.91. The van der Waals surface area contributed by atoms with Crippen molar-refractivity contribution in [3.05, 3.63) is 70.5 Å². The number of rotatable bonds is 5. The van der Waals surface area contributed by atoms with E-state index < -0.39 is 0 Å². The number of likely N-dealkylation sites (N-methyl/N-ethyl adjacent to an activating group) is 1. The molecule has 2 N–H and O–H groups in total. The fourth-order valence-corrected chi connectivity index (χ4v) is 3.99. The Hall–Kier alpha value is -3.52. The maximum absolute atomic E-state index is 12.7. The zero-order valence-electron chi connectivity index (χ0n) is 16.9. The first kappa shape index (κ1) is 19.8. The Kier molecular flexibility index (Phi) is 5.33. The van der Waals surface area contributed by atoms with Crippen LogP contribution >= 0.6 is 11.3 Å². The first-order valence-electron chi connectivity index (χ1n) is 9.45. The molecule has 0 aliphatic rings. The van der Waals surface area contributed by atoms with Crippen molar-refractivity contribution in [3.8, 4) is 5.69 Å². The molecule has 2 heterocycles. The lowest BCUT2D eigenvalue weighted by molar-refractivity contribution is -0.120. The fourth-order valence-electron chi connectivity index (χ4n) is 3.29. The highest BCUT2D eigenvalue weighted by Gasteiger charge is 2.13. The molecule has 2 aromatic heterocycles. The van der Waals surface area contributed by atoms with Gasteiger partial charge in [0.2, 0.25) is 5.91 Å². The molecule has 152 valence electrons. The summed E-state index contributed by atoms with van der Waals surface area (Å²) in [5.41, 5.74) is 6.22. The largest absolute Gasteiger partial charge is 0.359 e. The zero-order valence-corrected chi connectivity index (χ0v) is 17.7. The van der Waals surface area contributed by atoms with Crippen molar-refractivity contribution in [3.63, 3.8) is 0 Å². The van der Waals surface area contributed by atoms with Crippen LogP contribution in [0.3, 0.4) is 0 Å². The third-order valence-electron chi connectivity index (χ3n) is 4.81. The zero-order chi connectivity index (χ0) is 21.3. The molecule has 0 unspecified atom stereocenters. The molecule has 0 aliphatic carbocycles. The number of aryl methyl sites for hydroxylation is 2. The van der Waals surface area contributed by atoms with E-state index in [9.17, 15) is 9.59 Å². The molecule has 2 amide bonds. The van der Waals surface area contributed by atoms with Gasteiger partial charge in [-0.05, 0) is 43.7 Å². The molecule has 0 saturated heterocycles. The van der Waals surface area contributed by atoms with E-state index in [-0.39, 0.29) is 18.2 Å². The van der Waals surface area contributed by atoms with E-state index in [1.807, 2.05) is 10.6 Å². The minimum Gasteiger partial charge on any atom is -0.359 e. The average molecular weight is 420 g/mol. The van der Waals surface area contributed by atoms with Gasteiger partial charge in [-0.3, -0.25) is 19.5 Å². The molecule has 0 radical (unpaired) electrons. The van der Waals surface area contributed by atoms with E-state index >= 15 is 0 Å². The SMILES string of the molecule is CNC(=O)Cc1csc(NC(=O)c2ccc3c(c2)ncn3-c2ccc(C)cc2C)n1. The maximum atomic E-state index is 12.7. The molecular weight excluding hydrogens is 398 g/mol. The van der Waals surface area contributed by atoms with Crippen LogP contribution in [0.4, 0.5) is 5.13 Å². The Balaban J connectivity index is 1.55. The van der Waals surface area contributed by atoms with Gasteiger partial charge in [-0.25, -0.2) is 9.97 Å². The van der Waals surface area contributed by atoms with E-state index in [4.69, 9.17) is 0 Å². The Morgan fingerprint density at radius 3 is 2.73 bits per heavy atom. The maximum Gasteiger partial charge on any atom is 0.257 e. The van der Waals surface area contributed by atoms with Crippen LogP contribution in [0.1, 0.15) is 27.2 Å². The van der Waals surface area contributed by atoms with Crippen molar-refractivity contribution >= 4 is 39.3 Å². The summed E-state index contributed by atoms with van der Waals surface area (Å²) < 4.78 is 2.03. The monoisotopic (exact) mass is 419 g/mol. The van der Waals surface area contributed by atoms with Crippen LogP contribution in [0.25, 0.3) is 16.7 Å². The summed E-state index contributed by atoms with van der Waals surface area (Å²) in [7, 11) is 1.58. The summed E-state index contributed by atoms with van der Waals surface area (Å²) in [6.07, 6.45) is 1.96. The normalized spacial score (nSPS) is 10.9. The van der Waals surface area contributed by atoms with Crippen molar-refractivity contribution in [2.75, 3.05) is 12.4 Å². The van der Waals surface area contributed by atoms with Gasteiger partial charge in [0.15, 0.2) is 5.13 Å². The Morgan fingerprint density at radius 2 is 1.97 bits per heavy atom. The highest BCUT2D eigenvalue weighted by atomic mass is 32.1. The molecule has 0 saturated carbocycles. The van der Waals surface area contributed by atoms with Gasteiger partial charge in [0.25, 0.3) is 5.91 Å². The molecule has 8 heteroatoms. The number of anilines is 1. The lowest BCUT2D eigenvalue weighted by Crippen LogP contribution is -2.20. The van der Waals surface area contributed by atoms with Crippen LogP contribution in [0.2, 0.25) is 0 Å². The van der Waals surface area contributed by atoms with Crippen molar-refractivity contribution in [2.24, 2.45) is 0 Å². The number of nitrogens with zero attached hydrogens (tertiary/aromatic N) is 3. The number of thiazole rings is 1. The van der Waals surface area contributed by atoms with Crippen LogP contribution in [-0.2, 0) is 11.2 Å². The van der Waals surface area contributed by atoms with Crippen molar-refractivity contribution in [1.29, 1.82) is 0 Å². The molecule has 30 heavy (non-hydrogen) atoms. The highest BCUT2D eigenvalue weighted by molar-refractivity contribution is 7.14. The molecule has 0 spiro atoms. The minimum atomic E-state index is -0.265. The van der Waals surface area contributed by atoms with Crippen LogP contribution in [0.5, 0.6) is 0 Å². The number of imidazole rings is 1. The van der Waals surface area contributed by atoms with Gasteiger partial charge in [0.1, 0.15) is 6.33 Å². The van der Waals surface area contributed by atoms with Crippen LogP contribution in [0.15, 0.2) is 48.1 Å². The van der Waals surface area contributed by atoms with Crippen molar-refractivity contribution in [2.45, 2.75) is 20.3 Å². The number of carbonyl (C=O) groups is 2. The van der Waals surface area contributed by atoms with Crippen molar-refractivity contribution in [1.82, 2.24) is 19.9 Å². The van der Waals surface area contributed by atoms with Gasteiger partial charge >= 0.3 is 0 Å². The third kappa shape index (κ3) is 3.95. The smallest absolute Gasteiger partial charge is 0.257 e. The Labute approximate surface area is 177 Å². The summed E-state index contributed by atoms with van der Waals surface area (Å²) in [4.78, 5) is 32.9. The van der Waals surface area contributed by atoms with Gasteiger partial charge in [-0.2, -0.15) is 0 Å². The first-order valence-corrected chi connectivity index (χ1v) is 10.3. The molecule has 4 rings (SSSR count). The standard InChI is InChI=1S/C22H21N5O2S/c1-13-4-6-18(14(2)8-13)27-12-24-17-9-15(5-7-19(17)27)21(29)26-22-25-16(11-30-22)10-20(28)23-3/h4-9,11-12H,10H2,1-3H3,(H,23,28)(H,25,26,29). The topological polar surface area (TPSA) is 88.9 Å². The number of nitrogens with one attached hydrogen (secondary N) is 2. The lowest BCUT2D eigenvalue weighted by atomic mass is 10.1. The van der Waals surface area contributed by atoms with Crippen LogP contribution in [-0.4, -0.2) is 33.4 Å². The molecule has 0 atom stereocenters. The summed E-state index contributed by atoms with van der Waals surface area (Å²) >= 11 is 1.29. The molecule has 4 aromatic rings. The number of aromatic nitrogens is 3. The molecular formula is C22H21N5O2S. The molecule has 7 nitrogen and oxygen atoms in total. The van der Waals surface area contributed by atoms with Crippen molar-refractivity contribution < 1.29 is 9.59 Å². The van der Waals surface area contributed by atoms with E-state index in [1.54, 1.807) is 30.9 Å². The number of hydrogen-bond acceptors (Lipinski definition) is 5. The van der Waals surface area contributed by atoms with Gasteiger partial charge in [-0.15, -0.1) is 11.3 Å². The number of amides is 2. The quantitative estimate of drug-likeness (QED) is 0.517. The van der Waals surface area contributed by atoms with Crippen LogP contribution in [0, 0.1) is 13.8 Å². The lowest BCUT2D eigenvalue weighted by Gasteiger charge is -2.09. The first-order chi connectivity index (χ1) is 14.4. The summed E-state index contributed by atoms with van der Waals surface area (Å²) in [5, 5.41) is 7.57. The molecule has 0 aliphatic heterocycles. The van der Waals surface area contributed by atoms with E-state index in [2.05, 4.69) is 52.6 Å². The summed E-state index contributed by atoms with van der Waals surface area (Å²) in [5.74, 6) is -0.387. The molecule has 0 fully saturated rings. The van der Waals surface area contributed by atoms with Gasteiger partial charge < -0.3 is 5.32 Å². The Morgan fingerprint density at radius 1 is 1.13 bits per heavy atom. The van der Waals surface area contributed by atoms with Gasteiger partial charge in [0, 0.05) is 18.0 Å². The second-order valence-electron chi connectivity index (χ2n) is 7.06. The number of benzene rings is 2. The number of fused-ring (bicyclic) bond motifs is 1. The summed E-state index contributed by atoms with van der Waals surface area (Å²) in [6, 6.07) is 11.7. The number of hydrogen-bond donors (Lipinski definition) is 2. The highest BCUT2D eigenvalue weighted by Crippen LogP contribution is 2.23. The summed E-state index contributed by atoms with van der Waals surface area (Å²) in [6.45, 7) is 4.14. The fraction of sp³-hybridized carbons (Fsp3) is 0.182. The van der Waals surface area contributed by atoms with Gasteiger partial charge in [-0.1, -0.05) is 17.7 Å².